The lowest BCUT2D eigenvalue weighted by atomic mass is 9.94. The number of nitrogens with one attached hydrogen (secondary N) is 1. The molecule has 3 aromatic rings. The van der Waals surface area contributed by atoms with Crippen LogP contribution >= 0.6 is 11.8 Å². The van der Waals surface area contributed by atoms with Crippen LogP contribution in [-0.2, 0) is 13.0 Å². The van der Waals surface area contributed by atoms with Crippen molar-refractivity contribution in [2.45, 2.75) is 56.7 Å². The maximum Gasteiger partial charge on any atom is 0.172 e. The molecule has 2 unspecified atom stereocenters. The van der Waals surface area contributed by atoms with Gasteiger partial charge in [0.15, 0.2) is 5.82 Å². The molecule has 0 aliphatic heterocycles. The number of benzene rings is 2. The van der Waals surface area contributed by atoms with E-state index in [1.165, 1.54) is 35.1 Å². The third-order valence-corrected chi connectivity index (χ3v) is 7.67. The van der Waals surface area contributed by atoms with Gasteiger partial charge in [0.1, 0.15) is 11.5 Å². The first-order chi connectivity index (χ1) is 16.7. The van der Waals surface area contributed by atoms with E-state index in [9.17, 15) is 0 Å². The van der Waals surface area contributed by atoms with E-state index < -0.39 is 0 Å². The third kappa shape index (κ3) is 4.66. The topological polar surface area (TPSA) is 74.1 Å². The summed E-state index contributed by atoms with van der Waals surface area (Å²) in [5.41, 5.74) is 5.20. The lowest BCUT2D eigenvalue weighted by molar-refractivity contribution is 0.409. The Balaban J connectivity index is 1.55. The van der Waals surface area contributed by atoms with Gasteiger partial charge in [0.25, 0.3) is 0 Å². The Labute approximate surface area is 205 Å². The molecule has 8 heteroatoms. The fourth-order valence-electron chi connectivity index (χ4n) is 5.12. The molecule has 2 atom stereocenters. The third-order valence-electron chi connectivity index (χ3n) is 6.97. The zero-order valence-corrected chi connectivity index (χ0v) is 21.0. The second-order valence-electron chi connectivity index (χ2n) is 9.09. The largest absolute Gasteiger partial charge is 0.497 e. The highest BCUT2D eigenvalue weighted by atomic mass is 32.2. The minimum absolute atomic E-state index is 0.128. The average molecular weight is 480 g/mol. The van der Waals surface area contributed by atoms with Crippen molar-refractivity contribution in [3.63, 3.8) is 0 Å². The number of aromatic nitrogens is 4. The van der Waals surface area contributed by atoms with Crippen LogP contribution in [0, 0.1) is 0 Å². The number of thioether (sulfide) groups is 1. The van der Waals surface area contributed by atoms with Gasteiger partial charge in [0.2, 0.25) is 0 Å². The SMILES string of the molecule is COc1ccc(C2CC2)c(C(NC2CCc3c(OC)cccc32)c2nnnn2CCCSC)c1. The Morgan fingerprint density at radius 1 is 1.12 bits per heavy atom. The second-order valence-corrected chi connectivity index (χ2v) is 10.1. The summed E-state index contributed by atoms with van der Waals surface area (Å²) in [4.78, 5) is 0. The second kappa shape index (κ2) is 10.4. The standard InChI is InChI=1S/C26H33N5O2S/c1-32-18-10-11-19(17-8-9-17)22(16-18)25(26-28-29-30-31(26)14-5-15-34-3)27-23-13-12-21-20(23)6-4-7-24(21)33-2/h4,6-7,10-11,16-17,23,25,27H,5,8-9,12-15H2,1-3H3. The van der Waals surface area contributed by atoms with Gasteiger partial charge < -0.3 is 9.47 Å². The van der Waals surface area contributed by atoms with Gasteiger partial charge in [-0.15, -0.1) is 5.10 Å². The van der Waals surface area contributed by atoms with E-state index in [1.54, 1.807) is 14.2 Å². The maximum atomic E-state index is 5.65. The zero-order valence-electron chi connectivity index (χ0n) is 20.2. The Morgan fingerprint density at radius 2 is 2.00 bits per heavy atom. The maximum absolute atomic E-state index is 5.65. The summed E-state index contributed by atoms with van der Waals surface area (Å²) in [5.74, 6) is 4.38. The van der Waals surface area contributed by atoms with E-state index in [0.29, 0.717) is 5.92 Å². The van der Waals surface area contributed by atoms with E-state index in [-0.39, 0.29) is 12.1 Å². The van der Waals surface area contributed by atoms with Crippen LogP contribution in [0.4, 0.5) is 0 Å². The van der Waals surface area contributed by atoms with Crippen molar-refractivity contribution in [2.75, 3.05) is 26.2 Å². The molecule has 34 heavy (non-hydrogen) atoms. The van der Waals surface area contributed by atoms with E-state index >= 15 is 0 Å². The molecule has 2 aliphatic rings. The van der Waals surface area contributed by atoms with Gasteiger partial charge in [-0.2, -0.15) is 11.8 Å². The number of tetrazole rings is 1. The summed E-state index contributed by atoms with van der Waals surface area (Å²) in [6.45, 7) is 0.805. The predicted molar refractivity (Wildman–Crippen MR) is 135 cm³/mol. The van der Waals surface area contributed by atoms with Crippen molar-refractivity contribution >= 4 is 11.8 Å². The molecule has 2 aromatic carbocycles. The number of hydrogen-bond acceptors (Lipinski definition) is 7. The summed E-state index contributed by atoms with van der Waals surface area (Å²) < 4.78 is 13.3. The molecule has 0 spiro atoms. The van der Waals surface area contributed by atoms with Gasteiger partial charge in [-0.25, -0.2) is 4.68 Å². The quantitative estimate of drug-likeness (QED) is 0.400. The highest BCUT2D eigenvalue weighted by molar-refractivity contribution is 7.98. The predicted octanol–water partition coefficient (Wildman–Crippen LogP) is 4.69. The molecule has 2 aliphatic carbocycles. The first-order valence-electron chi connectivity index (χ1n) is 12.1. The summed E-state index contributed by atoms with van der Waals surface area (Å²) >= 11 is 1.85. The first-order valence-corrected chi connectivity index (χ1v) is 13.5. The molecule has 0 saturated heterocycles. The minimum atomic E-state index is -0.128. The Morgan fingerprint density at radius 3 is 2.76 bits per heavy atom. The molecule has 7 nitrogen and oxygen atoms in total. The van der Waals surface area contributed by atoms with Gasteiger partial charge in [-0.1, -0.05) is 18.2 Å². The number of ether oxygens (including phenoxy) is 2. The fraction of sp³-hybridized carbons (Fsp3) is 0.500. The molecule has 0 bridgehead atoms. The number of aryl methyl sites for hydroxylation is 1. The molecule has 5 rings (SSSR count). The molecule has 0 radical (unpaired) electrons. The van der Waals surface area contributed by atoms with Crippen molar-refractivity contribution in [1.29, 1.82) is 0 Å². The number of methoxy groups -OCH3 is 2. The molecule has 0 amide bonds. The molecule has 1 heterocycles. The van der Waals surface area contributed by atoms with Crippen molar-refractivity contribution in [3.8, 4) is 11.5 Å². The van der Waals surface area contributed by atoms with Crippen LogP contribution in [-0.4, -0.2) is 46.4 Å². The summed E-state index contributed by atoms with van der Waals surface area (Å²) in [6, 6.07) is 12.9. The Kier molecular flexibility index (Phi) is 7.06. The summed E-state index contributed by atoms with van der Waals surface area (Å²) in [5, 5.41) is 17.0. The van der Waals surface area contributed by atoms with Crippen LogP contribution in [0.3, 0.4) is 0 Å². The molecular formula is C26H33N5O2S. The van der Waals surface area contributed by atoms with Gasteiger partial charge in [-0.05, 0) is 101 Å². The minimum Gasteiger partial charge on any atom is -0.497 e. The monoisotopic (exact) mass is 479 g/mol. The van der Waals surface area contributed by atoms with Gasteiger partial charge in [0.05, 0.1) is 20.3 Å². The summed E-state index contributed by atoms with van der Waals surface area (Å²) in [6.07, 6.45) is 7.64. The molecular weight excluding hydrogens is 446 g/mol. The number of nitrogens with zero attached hydrogens (tertiary/aromatic N) is 4. The van der Waals surface area contributed by atoms with Crippen LogP contribution in [0.5, 0.6) is 11.5 Å². The normalized spacial score (nSPS) is 18.0. The average Bonchev–Trinajstić information content (AvgIpc) is 3.48. The van der Waals surface area contributed by atoms with E-state index in [1.807, 2.05) is 16.4 Å². The van der Waals surface area contributed by atoms with Crippen LogP contribution in [0.1, 0.15) is 71.8 Å². The van der Waals surface area contributed by atoms with E-state index in [2.05, 4.69) is 63.5 Å². The van der Waals surface area contributed by atoms with Crippen LogP contribution < -0.4 is 14.8 Å². The smallest absolute Gasteiger partial charge is 0.172 e. The molecule has 1 N–H and O–H groups in total. The van der Waals surface area contributed by atoms with Crippen molar-refractivity contribution < 1.29 is 9.47 Å². The molecule has 1 fully saturated rings. The zero-order chi connectivity index (χ0) is 23.5. The first kappa shape index (κ1) is 23.2. The Hall–Kier alpha value is -2.58. The van der Waals surface area contributed by atoms with Crippen LogP contribution in [0.2, 0.25) is 0 Å². The number of rotatable bonds is 11. The van der Waals surface area contributed by atoms with Crippen LogP contribution in [0.15, 0.2) is 36.4 Å². The van der Waals surface area contributed by atoms with Crippen molar-refractivity contribution in [1.82, 2.24) is 25.5 Å². The highest BCUT2D eigenvalue weighted by Crippen LogP contribution is 2.46. The van der Waals surface area contributed by atoms with Gasteiger partial charge in [-0.3, -0.25) is 5.32 Å². The lowest BCUT2D eigenvalue weighted by Gasteiger charge is -2.26. The Bertz CT molecular complexity index is 1130. The number of fused-ring (bicyclic) bond motifs is 1. The fourth-order valence-corrected chi connectivity index (χ4v) is 5.54. The van der Waals surface area contributed by atoms with Crippen molar-refractivity contribution in [3.05, 3.63) is 64.5 Å². The number of hydrogen-bond donors (Lipinski definition) is 1. The van der Waals surface area contributed by atoms with E-state index in [4.69, 9.17) is 9.47 Å². The molecule has 1 aromatic heterocycles. The molecule has 1 saturated carbocycles. The van der Waals surface area contributed by atoms with Gasteiger partial charge in [0, 0.05) is 12.6 Å². The lowest BCUT2D eigenvalue weighted by Crippen LogP contribution is -2.30. The highest BCUT2D eigenvalue weighted by Gasteiger charge is 2.34. The van der Waals surface area contributed by atoms with Crippen LogP contribution in [0.25, 0.3) is 0 Å². The van der Waals surface area contributed by atoms with E-state index in [0.717, 1.165) is 48.9 Å². The molecule has 180 valence electrons. The summed E-state index contributed by atoms with van der Waals surface area (Å²) in [7, 11) is 3.48. The van der Waals surface area contributed by atoms with Crippen molar-refractivity contribution in [2.24, 2.45) is 0 Å². The van der Waals surface area contributed by atoms with Gasteiger partial charge >= 0.3 is 0 Å².